The fourth-order valence-corrected chi connectivity index (χ4v) is 2.83. The van der Waals surface area contributed by atoms with Gasteiger partial charge in [-0.3, -0.25) is 9.59 Å². The van der Waals surface area contributed by atoms with Gasteiger partial charge in [0.2, 0.25) is 11.8 Å². The van der Waals surface area contributed by atoms with Gasteiger partial charge in [-0.15, -0.1) is 0 Å². The van der Waals surface area contributed by atoms with E-state index in [2.05, 4.69) is 15.7 Å². The van der Waals surface area contributed by atoms with E-state index >= 15 is 0 Å². The van der Waals surface area contributed by atoms with Crippen molar-refractivity contribution in [2.75, 3.05) is 11.9 Å². The van der Waals surface area contributed by atoms with Crippen LogP contribution in [0.3, 0.4) is 0 Å². The Morgan fingerprint density at radius 1 is 1.12 bits per heavy atom. The maximum atomic E-state index is 13.3. The van der Waals surface area contributed by atoms with Crippen LogP contribution >= 0.6 is 0 Å². The first-order valence-corrected chi connectivity index (χ1v) is 10.3. The lowest BCUT2D eigenvalue weighted by atomic mass is 10.1. The van der Waals surface area contributed by atoms with Crippen molar-refractivity contribution in [3.05, 3.63) is 47.2 Å². The van der Waals surface area contributed by atoms with Gasteiger partial charge < -0.3 is 21.1 Å². The molecule has 1 unspecified atom stereocenters. The first-order chi connectivity index (χ1) is 15.6. The zero-order chi connectivity index (χ0) is 24.5. The number of benzene rings is 1. The molecule has 2 rings (SSSR count). The summed E-state index contributed by atoms with van der Waals surface area (Å²) in [5, 5.41) is 8.60. The molecule has 0 radical (unpaired) electrons. The van der Waals surface area contributed by atoms with Gasteiger partial charge in [0.25, 0.3) is 0 Å². The molecule has 33 heavy (non-hydrogen) atoms. The van der Waals surface area contributed by atoms with Crippen LogP contribution in [-0.4, -0.2) is 46.2 Å². The number of ether oxygens (including phenoxy) is 1. The first kappa shape index (κ1) is 25.4. The molecule has 0 aliphatic rings. The summed E-state index contributed by atoms with van der Waals surface area (Å²) in [6, 6.07) is 1.72. The number of rotatable bonds is 10. The second kappa shape index (κ2) is 11.7. The molecule has 0 spiro atoms. The third kappa shape index (κ3) is 7.37. The van der Waals surface area contributed by atoms with E-state index in [0.717, 1.165) is 24.6 Å². The number of aromatic nitrogens is 2. The summed E-state index contributed by atoms with van der Waals surface area (Å²) >= 11 is 0. The van der Waals surface area contributed by atoms with E-state index in [9.17, 15) is 28.0 Å². The van der Waals surface area contributed by atoms with Crippen molar-refractivity contribution in [2.45, 2.75) is 45.6 Å². The number of esters is 1. The maximum absolute atomic E-state index is 13.3. The molecule has 1 aromatic heterocycles. The predicted molar refractivity (Wildman–Crippen MR) is 113 cm³/mol. The van der Waals surface area contributed by atoms with E-state index in [0.29, 0.717) is 17.2 Å². The van der Waals surface area contributed by atoms with E-state index in [1.54, 1.807) is 6.92 Å². The summed E-state index contributed by atoms with van der Waals surface area (Å²) in [6.45, 7) is 3.70. The highest BCUT2D eigenvalue weighted by molar-refractivity contribution is 5.99. The molecular formula is C21H25F2N5O5. The number of anilines is 1. The van der Waals surface area contributed by atoms with E-state index in [1.807, 2.05) is 6.92 Å². The number of nitrogens with one attached hydrogen (secondary N) is 2. The number of nitrogens with two attached hydrogens (primary N) is 1. The standard InChI is InChI=1S/C21H25F2N5O5/c1-3-5-6-33-20(31)16-11-17(28(27-16)21(24)32)26-19(30)15(4-2)25-18(29)9-12-7-13(22)10-14(23)8-12/h7-8,10-11,15H,3-6,9H2,1-2H3,(H2,24,32)(H,25,29)(H,26,30). The van der Waals surface area contributed by atoms with Gasteiger partial charge in [0.15, 0.2) is 5.69 Å². The largest absolute Gasteiger partial charge is 0.461 e. The van der Waals surface area contributed by atoms with Crippen molar-refractivity contribution in [3.63, 3.8) is 0 Å². The van der Waals surface area contributed by atoms with Crippen LogP contribution in [0, 0.1) is 11.6 Å². The van der Waals surface area contributed by atoms with Gasteiger partial charge in [-0.1, -0.05) is 20.3 Å². The van der Waals surface area contributed by atoms with Crippen LogP contribution < -0.4 is 16.4 Å². The highest BCUT2D eigenvalue weighted by Gasteiger charge is 2.24. The van der Waals surface area contributed by atoms with Crippen molar-refractivity contribution in [1.82, 2.24) is 15.1 Å². The Labute approximate surface area is 188 Å². The molecule has 0 saturated heterocycles. The summed E-state index contributed by atoms with van der Waals surface area (Å²) in [4.78, 5) is 48.7. The second-order valence-corrected chi connectivity index (χ2v) is 7.13. The molecule has 0 aliphatic carbocycles. The van der Waals surface area contributed by atoms with E-state index < -0.39 is 41.5 Å². The van der Waals surface area contributed by atoms with E-state index in [4.69, 9.17) is 10.5 Å². The lowest BCUT2D eigenvalue weighted by molar-refractivity contribution is -0.126. The van der Waals surface area contributed by atoms with Crippen LogP contribution in [0.2, 0.25) is 0 Å². The van der Waals surface area contributed by atoms with Gasteiger partial charge in [-0.2, -0.15) is 9.78 Å². The normalized spacial score (nSPS) is 11.5. The molecule has 3 amide bonds. The van der Waals surface area contributed by atoms with Crippen LogP contribution in [-0.2, 0) is 20.7 Å². The molecule has 178 valence electrons. The number of primary amides is 1. The number of carbonyl (C=O) groups excluding carboxylic acids is 4. The summed E-state index contributed by atoms with van der Waals surface area (Å²) in [6.07, 6.45) is 1.26. The third-order valence-electron chi connectivity index (χ3n) is 4.46. The number of carbonyl (C=O) groups is 4. The minimum absolute atomic E-state index is 0.0956. The van der Waals surface area contributed by atoms with Crippen molar-refractivity contribution < 1.29 is 32.7 Å². The molecule has 1 atom stereocenters. The van der Waals surface area contributed by atoms with Crippen LogP contribution in [0.25, 0.3) is 0 Å². The zero-order valence-electron chi connectivity index (χ0n) is 18.2. The Kier molecular flexibility index (Phi) is 9.01. The van der Waals surface area contributed by atoms with Gasteiger partial charge in [0.1, 0.15) is 23.5 Å². The summed E-state index contributed by atoms with van der Waals surface area (Å²) in [5.74, 6) is -4.00. The van der Waals surface area contributed by atoms with E-state index in [-0.39, 0.29) is 36.5 Å². The Morgan fingerprint density at radius 2 is 1.79 bits per heavy atom. The molecular weight excluding hydrogens is 440 g/mol. The van der Waals surface area contributed by atoms with Crippen molar-refractivity contribution in [3.8, 4) is 0 Å². The SMILES string of the molecule is CCCCOC(=O)c1cc(NC(=O)C(CC)NC(=O)Cc2cc(F)cc(F)c2)n(C(N)=O)n1. The minimum atomic E-state index is -1.05. The van der Waals surface area contributed by atoms with E-state index in [1.165, 1.54) is 0 Å². The molecule has 0 fully saturated rings. The highest BCUT2D eigenvalue weighted by Crippen LogP contribution is 2.13. The quantitative estimate of drug-likeness (QED) is 0.362. The summed E-state index contributed by atoms with van der Waals surface area (Å²) in [7, 11) is 0. The van der Waals surface area contributed by atoms with Crippen molar-refractivity contribution in [2.24, 2.45) is 5.73 Å². The number of hydrogen-bond acceptors (Lipinski definition) is 6. The maximum Gasteiger partial charge on any atom is 0.358 e. The van der Waals surface area contributed by atoms with Crippen molar-refractivity contribution >= 4 is 29.6 Å². The monoisotopic (exact) mass is 465 g/mol. The molecule has 0 saturated carbocycles. The Bertz CT molecular complexity index is 1020. The molecule has 4 N–H and O–H groups in total. The fourth-order valence-electron chi connectivity index (χ4n) is 2.83. The summed E-state index contributed by atoms with van der Waals surface area (Å²) in [5.41, 5.74) is 5.12. The van der Waals surface area contributed by atoms with Gasteiger partial charge in [-0.05, 0) is 30.5 Å². The van der Waals surface area contributed by atoms with Crippen LogP contribution in [0.15, 0.2) is 24.3 Å². The third-order valence-corrected chi connectivity index (χ3v) is 4.46. The first-order valence-electron chi connectivity index (χ1n) is 10.3. The average Bonchev–Trinajstić information content (AvgIpc) is 3.15. The van der Waals surface area contributed by atoms with Crippen molar-refractivity contribution in [1.29, 1.82) is 0 Å². The van der Waals surface area contributed by atoms with Gasteiger partial charge in [0.05, 0.1) is 13.0 Å². The molecule has 10 nitrogen and oxygen atoms in total. The van der Waals surface area contributed by atoms with Crippen LogP contribution in [0.4, 0.5) is 19.4 Å². The molecule has 2 aromatic rings. The second-order valence-electron chi connectivity index (χ2n) is 7.13. The molecule has 12 heteroatoms. The molecule has 0 aliphatic heterocycles. The number of hydrogen-bond donors (Lipinski definition) is 3. The Balaban J connectivity index is 2.08. The number of halogens is 2. The zero-order valence-corrected chi connectivity index (χ0v) is 18.2. The number of unbranched alkanes of at least 4 members (excludes halogenated alkanes) is 1. The molecule has 1 heterocycles. The minimum Gasteiger partial charge on any atom is -0.461 e. The topological polar surface area (TPSA) is 145 Å². The number of nitrogens with zero attached hydrogens (tertiary/aromatic N) is 2. The van der Waals surface area contributed by atoms with Gasteiger partial charge in [0, 0.05) is 12.1 Å². The van der Waals surface area contributed by atoms with Gasteiger partial charge in [-0.25, -0.2) is 18.4 Å². The number of amides is 3. The highest BCUT2D eigenvalue weighted by atomic mass is 19.1. The molecule has 0 bridgehead atoms. The predicted octanol–water partition coefficient (Wildman–Crippen LogP) is 2.12. The summed E-state index contributed by atoms with van der Waals surface area (Å²) < 4.78 is 32.3. The lowest BCUT2D eigenvalue weighted by Gasteiger charge is -2.17. The Hall–Kier alpha value is -3.83. The van der Waals surface area contributed by atoms with Crippen LogP contribution in [0.1, 0.15) is 49.2 Å². The molecule has 1 aromatic carbocycles. The van der Waals surface area contributed by atoms with Gasteiger partial charge >= 0.3 is 12.0 Å². The Morgan fingerprint density at radius 3 is 2.36 bits per heavy atom. The smallest absolute Gasteiger partial charge is 0.358 e. The van der Waals surface area contributed by atoms with Crippen LogP contribution in [0.5, 0.6) is 0 Å². The lowest BCUT2D eigenvalue weighted by Crippen LogP contribution is -2.44. The average molecular weight is 465 g/mol. The fraction of sp³-hybridized carbons (Fsp3) is 0.381.